The number of aliphatic hydroxyl groups is 1. The second-order valence-electron chi connectivity index (χ2n) is 7.90. The van der Waals surface area contributed by atoms with Gasteiger partial charge < -0.3 is 10.0 Å². The van der Waals surface area contributed by atoms with Gasteiger partial charge in [0.1, 0.15) is 0 Å². The van der Waals surface area contributed by atoms with Crippen LogP contribution in [0.25, 0.3) is 17.2 Å². The lowest BCUT2D eigenvalue weighted by Gasteiger charge is -2.39. The van der Waals surface area contributed by atoms with Crippen LogP contribution in [0.15, 0.2) is 54.1 Å². The lowest BCUT2D eigenvalue weighted by Crippen LogP contribution is -2.43. The predicted molar refractivity (Wildman–Crippen MR) is 110 cm³/mol. The molecule has 2 aromatic carbocycles. The van der Waals surface area contributed by atoms with Crippen molar-refractivity contribution in [3.63, 3.8) is 0 Å². The molecule has 0 bridgehead atoms. The van der Waals surface area contributed by atoms with Gasteiger partial charge in [-0.1, -0.05) is 54.1 Å². The Balaban J connectivity index is 1.99. The summed E-state index contributed by atoms with van der Waals surface area (Å²) in [5.41, 5.74) is 7.75. The Labute approximate surface area is 156 Å². The van der Waals surface area contributed by atoms with Crippen LogP contribution in [0.1, 0.15) is 48.9 Å². The Morgan fingerprint density at radius 3 is 2.12 bits per heavy atom. The summed E-state index contributed by atoms with van der Waals surface area (Å²) in [5, 5.41) is 11.6. The molecule has 0 unspecified atom stereocenters. The van der Waals surface area contributed by atoms with Crippen LogP contribution in [0.2, 0.25) is 0 Å². The summed E-state index contributed by atoms with van der Waals surface area (Å²) in [6.45, 7) is 6.21. The molecule has 1 N–H and O–H groups in total. The highest BCUT2D eigenvalue weighted by Gasteiger charge is 2.37. The quantitative estimate of drug-likeness (QED) is 0.799. The van der Waals surface area contributed by atoms with Gasteiger partial charge in [-0.05, 0) is 73.2 Å². The number of nitrogens with zero attached hydrogens (tertiary/aromatic N) is 1. The molecule has 2 aromatic rings. The zero-order valence-electron chi connectivity index (χ0n) is 15.9. The van der Waals surface area contributed by atoms with E-state index in [4.69, 9.17) is 0 Å². The molecule has 0 aromatic heterocycles. The van der Waals surface area contributed by atoms with Gasteiger partial charge in [-0.2, -0.15) is 0 Å². The summed E-state index contributed by atoms with van der Waals surface area (Å²) in [4.78, 5) is 2.30. The Kier molecular flexibility index (Phi) is 4.34. The Morgan fingerprint density at radius 1 is 0.885 bits per heavy atom. The lowest BCUT2D eigenvalue weighted by atomic mass is 9.78. The van der Waals surface area contributed by atoms with Gasteiger partial charge in [0.25, 0.3) is 0 Å². The first-order chi connectivity index (χ1) is 12.5. The molecule has 2 aliphatic rings. The summed E-state index contributed by atoms with van der Waals surface area (Å²) in [6.07, 6.45) is 3.78. The molecule has 134 valence electrons. The summed E-state index contributed by atoms with van der Waals surface area (Å²) in [7, 11) is 2.13. The van der Waals surface area contributed by atoms with Crippen molar-refractivity contribution >= 4 is 17.2 Å². The van der Waals surface area contributed by atoms with E-state index >= 15 is 0 Å². The number of hydrogen-bond acceptors (Lipinski definition) is 2. The minimum absolute atomic E-state index is 0.771. The van der Waals surface area contributed by atoms with Crippen LogP contribution < -0.4 is 0 Å². The van der Waals surface area contributed by atoms with E-state index in [-0.39, 0.29) is 0 Å². The number of allylic oxidation sites excluding steroid dienone is 1. The third-order valence-corrected chi connectivity index (χ3v) is 5.83. The first kappa shape index (κ1) is 17.3. The minimum atomic E-state index is -0.771. The summed E-state index contributed by atoms with van der Waals surface area (Å²) >= 11 is 0. The fourth-order valence-corrected chi connectivity index (χ4v) is 4.35. The normalized spacial score (nSPS) is 19.2. The van der Waals surface area contributed by atoms with Gasteiger partial charge >= 0.3 is 0 Å². The standard InChI is InChI=1S/C24H27NO/c1-17(2)23-19-9-5-4-8-18(19)16-22(20-10-6-7-11-21(20)23)24(26)12-14-25(3)15-13-24/h4-11,16,26H,12-15H2,1-3H3. The molecule has 1 aliphatic heterocycles. The van der Waals surface area contributed by atoms with E-state index in [1.807, 2.05) is 0 Å². The number of hydrogen-bond donors (Lipinski definition) is 1. The van der Waals surface area contributed by atoms with Gasteiger partial charge in [-0.25, -0.2) is 0 Å². The van der Waals surface area contributed by atoms with Crippen molar-refractivity contribution in [1.29, 1.82) is 0 Å². The molecule has 26 heavy (non-hydrogen) atoms. The first-order valence-electron chi connectivity index (χ1n) is 9.49. The van der Waals surface area contributed by atoms with E-state index in [0.29, 0.717) is 0 Å². The van der Waals surface area contributed by atoms with E-state index in [1.165, 1.54) is 33.4 Å². The molecular formula is C24H27NO. The lowest BCUT2D eigenvalue weighted by molar-refractivity contribution is 0.0359. The largest absolute Gasteiger partial charge is 0.385 e. The molecule has 1 saturated heterocycles. The average Bonchev–Trinajstić information content (AvgIpc) is 2.79. The zero-order valence-corrected chi connectivity index (χ0v) is 15.9. The van der Waals surface area contributed by atoms with E-state index in [1.54, 1.807) is 0 Å². The minimum Gasteiger partial charge on any atom is -0.385 e. The molecule has 2 heteroatoms. The molecule has 1 aliphatic carbocycles. The third-order valence-electron chi connectivity index (χ3n) is 5.83. The van der Waals surface area contributed by atoms with Crippen LogP contribution in [0, 0.1) is 0 Å². The van der Waals surface area contributed by atoms with Crippen LogP contribution in [-0.2, 0) is 0 Å². The van der Waals surface area contributed by atoms with Crippen LogP contribution in [0.4, 0.5) is 0 Å². The van der Waals surface area contributed by atoms with E-state index in [9.17, 15) is 5.11 Å². The van der Waals surface area contributed by atoms with Crippen LogP contribution >= 0.6 is 0 Å². The molecule has 1 fully saturated rings. The molecule has 0 saturated carbocycles. The van der Waals surface area contributed by atoms with Crippen molar-refractivity contribution in [1.82, 2.24) is 4.90 Å². The van der Waals surface area contributed by atoms with E-state index in [2.05, 4.69) is 80.4 Å². The predicted octanol–water partition coefficient (Wildman–Crippen LogP) is 4.84. The maximum atomic E-state index is 11.6. The maximum Gasteiger partial charge on any atom is 0.0927 e. The summed E-state index contributed by atoms with van der Waals surface area (Å²) < 4.78 is 0. The molecule has 2 nitrogen and oxygen atoms in total. The number of fused-ring (bicyclic) bond motifs is 2. The van der Waals surface area contributed by atoms with Crippen LogP contribution in [-0.4, -0.2) is 35.7 Å². The summed E-state index contributed by atoms with van der Waals surface area (Å²) in [5.74, 6) is 0. The number of rotatable bonds is 1. The van der Waals surface area contributed by atoms with Crippen molar-refractivity contribution in [3.8, 4) is 0 Å². The second-order valence-corrected chi connectivity index (χ2v) is 7.90. The number of piperidine rings is 1. The van der Waals surface area contributed by atoms with Gasteiger partial charge in [0.15, 0.2) is 0 Å². The van der Waals surface area contributed by atoms with Crippen molar-refractivity contribution in [2.24, 2.45) is 0 Å². The van der Waals surface area contributed by atoms with Gasteiger partial charge in [-0.15, -0.1) is 0 Å². The highest BCUT2D eigenvalue weighted by molar-refractivity contribution is 6.00. The Hall–Kier alpha value is -2.16. The molecule has 0 spiro atoms. The molecule has 4 rings (SSSR count). The fraction of sp³-hybridized carbons (Fsp3) is 0.333. The Morgan fingerprint density at radius 2 is 1.46 bits per heavy atom. The average molecular weight is 345 g/mol. The van der Waals surface area contributed by atoms with E-state index in [0.717, 1.165) is 31.5 Å². The van der Waals surface area contributed by atoms with Crippen molar-refractivity contribution in [2.75, 3.05) is 20.1 Å². The van der Waals surface area contributed by atoms with Crippen molar-refractivity contribution in [2.45, 2.75) is 32.3 Å². The fourth-order valence-electron chi connectivity index (χ4n) is 4.35. The maximum absolute atomic E-state index is 11.6. The second kappa shape index (κ2) is 6.53. The van der Waals surface area contributed by atoms with Gasteiger partial charge in [-0.3, -0.25) is 0 Å². The van der Waals surface area contributed by atoms with E-state index < -0.39 is 5.60 Å². The molecule has 0 radical (unpaired) electrons. The summed E-state index contributed by atoms with van der Waals surface area (Å²) in [6, 6.07) is 17.1. The molecule has 0 amide bonds. The van der Waals surface area contributed by atoms with Crippen molar-refractivity contribution in [3.05, 3.63) is 76.4 Å². The van der Waals surface area contributed by atoms with Gasteiger partial charge in [0.05, 0.1) is 5.60 Å². The number of benzene rings is 2. The Bertz CT molecular complexity index is 894. The molecule has 0 atom stereocenters. The first-order valence-corrected chi connectivity index (χ1v) is 9.49. The molecule has 1 heterocycles. The smallest absolute Gasteiger partial charge is 0.0927 e. The van der Waals surface area contributed by atoms with Crippen LogP contribution in [0.3, 0.4) is 0 Å². The van der Waals surface area contributed by atoms with Crippen LogP contribution in [0.5, 0.6) is 0 Å². The topological polar surface area (TPSA) is 23.5 Å². The number of likely N-dealkylation sites (tertiary alicyclic amines) is 1. The van der Waals surface area contributed by atoms with Gasteiger partial charge in [0, 0.05) is 13.1 Å². The molecular weight excluding hydrogens is 318 g/mol. The highest BCUT2D eigenvalue weighted by Crippen LogP contribution is 2.45. The highest BCUT2D eigenvalue weighted by atomic mass is 16.3. The van der Waals surface area contributed by atoms with Crippen molar-refractivity contribution < 1.29 is 5.11 Å². The van der Waals surface area contributed by atoms with Gasteiger partial charge in [0.2, 0.25) is 0 Å². The zero-order chi connectivity index (χ0) is 18.3. The SMILES string of the molecule is CC(C)=C1c2ccccc2C=C(C2(O)CCN(C)CC2)c2ccccc21. The monoisotopic (exact) mass is 345 g/mol. The third kappa shape index (κ3) is 2.84.